The van der Waals surface area contributed by atoms with Crippen LogP contribution in [-0.4, -0.2) is 41.5 Å². The molecule has 0 fully saturated rings. The van der Waals surface area contributed by atoms with Crippen LogP contribution in [0.5, 0.6) is 0 Å². The second-order valence-electron chi connectivity index (χ2n) is 8.35. The van der Waals surface area contributed by atoms with Gasteiger partial charge < -0.3 is 15.2 Å². The number of carbonyl (C=O) groups excluding carboxylic acids is 1. The Bertz CT molecular complexity index is 1030. The van der Waals surface area contributed by atoms with E-state index >= 15 is 0 Å². The molecule has 1 amide bonds. The van der Waals surface area contributed by atoms with E-state index in [1.807, 2.05) is 37.4 Å². The first-order valence-electron chi connectivity index (χ1n) is 11.5. The lowest BCUT2D eigenvalue weighted by atomic mass is 9.87. The Balaban J connectivity index is 1.75. The van der Waals surface area contributed by atoms with Crippen molar-refractivity contribution in [3.8, 4) is 0 Å². The van der Waals surface area contributed by atoms with Gasteiger partial charge in [-0.3, -0.25) is 4.79 Å². The first-order valence-corrected chi connectivity index (χ1v) is 11.5. The van der Waals surface area contributed by atoms with E-state index in [1.54, 1.807) is 0 Å². The molecule has 0 bridgehead atoms. The van der Waals surface area contributed by atoms with Gasteiger partial charge in [0.2, 0.25) is 5.91 Å². The lowest BCUT2D eigenvalue weighted by Gasteiger charge is -2.21. The van der Waals surface area contributed by atoms with Gasteiger partial charge in [-0.15, -0.1) is 0 Å². The molecule has 0 saturated heterocycles. The van der Waals surface area contributed by atoms with Gasteiger partial charge in [-0.1, -0.05) is 38.1 Å². The van der Waals surface area contributed by atoms with Crippen LogP contribution in [-0.2, 0) is 4.79 Å². The van der Waals surface area contributed by atoms with Crippen LogP contribution in [0.25, 0.3) is 10.9 Å². The highest BCUT2D eigenvalue weighted by Gasteiger charge is 2.25. The number of nitrogens with one attached hydrogen (secondary N) is 2. The molecule has 6 heteroatoms. The average molecular weight is 442 g/mol. The Labute approximate surface area is 189 Å². The molecule has 3 aromatic rings. The molecule has 0 spiro atoms. The molecule has 1 heterocycles. The quantitative estimate of drug-likeness (QED) is 0.407. The molecule has 0 aliphatic rings. The van der Waals surface area contributed by atoms with Crippen molar-refractivity contribution in [1.82, 2.24) is 15.2 Å². The predicted molar refractivity (Wildman–Crippen MR) is 126 cm³/mol. The van der Waals surface area contributed by atoms with E-state index in [2.05, 4.69) is 29.0 Å². The van der Waals surface area contributed by atoms with Gasteiger partial charge in [-0.25, -0.2) is 8.78 Å². The minimum atomic E-state index is -0.639. The van der Waals surface area contributed by atoms with Crippen LogP contribution < -0.4 is 5.32 Å². The number of aromatic nitrogens is 1. The Kier molecular flexibility index (Phi) is 8.39. The molecule has 2 atom stereocenters. The van der Waals surface area contributed by atoms with Crippen LogP contribution in [0, 0.1) is 11.6 Å². The van der Waals surface area contributed by atoms with Gasteiger partial charge in [0.15, 0.2) is 0 Å². The molecule has 0 saturated carbocycles. The first-order chi connectivity index (χ1) is 15.4. The van der Waals surface area contributed by atoms with Crippen molar-refractivity contribution in [3.63, 3.8) is 0 Å². The van der Waals surface area contributed by atoms with E-state index in [0.717, 1.165) is 55.0 Å². The summed E-state index contributed by atoms with van der Waals surface area (Å²) in [4.78, 5) is 18.5. The number of amides is 1. The molecule has 2 unspecified atom stereocenters. The number of hydrogen-bond donors (Lipinski definition) is 2. The third kappa shape index (κ3) is 5.94. The summed E-state index contributed by atoms with van der Waals surface area (Å²) >= 11 is 0. The fraction of sp³-hybridized carbons (Fsp3) is 0.423. The molecule has 4 nitrogen and oxygen atoms in total. The Hall–Kier alpha value is -2.73. The van der Waals surface area contributed by atoms with Crippen LogP contribution in [0.3, 0.4) is 0 Å². The van der Waals surface area contributed by atoms with Crippen molar-refractivity contribution >= 4 is 16.8 Å². The highest BCUT2D eigenvalue weighted by Crippen LogP contribution is 2.35. The number of hydrogen-bond acceptors (Lipinski definition) is 2. The van der Waals surface area contributed by atoms with E-state index in [0.29, 0.717) is 5.56 Å². The predicted octanol–water partition coefficient (Wildman–Crippen LogP) is 5.59. The van der Waals surface area contributed by atoms with Crippen molar-refractivity contribution in [2.75, 3.05) is 19.6 Å². The molecule has 0 radical (unpaired) electrons. The summed E-state index contributed by atoms with van der Waals surface area (Å²) in [6, 6.07) is 11.3. The summed E-state index contributed by atoms with van der Waals surface area (Å²) in [5.41, 5.74) is 2.07. The maximum Gasteiger partial charge on any atom is 0.221 e. The average Bonchev–Trinajstić information content (AvgIpc) is 3.19. The van der Waals surface area contributed by atoms with Crippen LogP contribution in [0.15, 0.2) is 48.7 Å². The third-order valence-corrected chi connectivity index (χ3v) is 6.14. The number of carbonyl (C=O) groups is 1. The molecule has 32 heavy (non-hydrogen) atoms. The fourth-order valence-electron chi connectivity index (χ4n) is 4.31. The number of benzene rings is 2. The topological polar surface area (TPSA) is 48.1 Å². The number of fused-ring (bicyclic) bond motifs is 1. The lowest BCUT2D eigenvalue weighted by molar-refractivity contribution is -0.121. The van der Waals surface area contributed by atoms with Crippen molar-refractivity contribution < 1.29 is 13.6 Å². The zero-order chi connectivity index (χ0) is 23.1. The van der Waals surface area contributed by atoms with E-state index in [-0.39, 0.29) is 18.4 Å². The van der Waals surface area contributed by atoms with E-state index < -0.39 is 17.6 Å². The SMILES string of the molecule is CCN(CC)CCCC(C)NC(=O)CC(c1ccc(F)cc1F)c1c[nH]c2ccccc12. The Morgan fingerprint density at radius 2 is 1.84 bits per heavy atom. The molecule has 1 aromatic heterocycles. The molecule has 2 N–H and O–H groups in total. The van der Waals surface area contributed by atoms with Gasteiger partial charge in [0.05, 0.1) is 0 Å². The maximum absolute atomic E-state index is 14.7. The smallest absolute Gasteiger partial charge is 0.221 e. The fourth-order valence-corrected chi connectivity index (χ4v) is 4.31. The number of halogens is 2. The van der Waals surface area contributed by atoms with Crippen molar-refractivity contribution in [2.24, 2.45) is 0 Å². The zero-order valence-corrected chi connectivity index (χ0v) is 19.1. The van der Waals surface area contributed by atoms with Crippen molar-refractivity contribution in [1.29, 1.82) is 0 Å². The van der Waals surface area contributed by atoms with Gasteiger partial charge >= 0.3 is 0 Å². The number of nitrogens with zero attached hydrogens (tertiary/aromatic N) is 1. The highest BCUT2D eigenvalue weighted by molar-refractivity contribution is 5.86. The van der Waals surface area contributed by atoms with Crippen LogP contribution in [0.4, 0.5) is 8.78 Å². The second kappa shape index (κ2) is 11.2. The van der Waals surface area contributed by atoms with Crippen molar-refractivity contribution in [2.45, 2.75) is 52.0 Å². The summed E-state index contributed by atoms with van der Waals surface area (Å²) in [7, 11) is 0. The van der Waals surface area contributed by atoms with Crippen LogP contribution >= 0.6 is 0 Å². The summed E-state index contributed by atoms with van der Waals surface area (Å²) < 4.78 is 28.3. The van der Waals surface area contributed by atoms with Gasteiger partial charge in [0.25, 0.3) is 0 Å². The Morgan fingerprint density at radius 1 is 1.09 bits per heavy atom. The summed E-state index contributed by atoms with van der Waals surface area (Å²) in [6.07, 6.45) is 3.79. The molecule has 0 aliphatic heterocycles. The molecular weight excluding hydrogens is 408 g/mol. The molecular formula is C26H33F2N3O. The van der Waals surface area contributed by atoms with Gasteiger partial charge in [0.1, 0.15) is 11.6 Å². The number of H-pyrrole nitrogens is 1. The monoisotopic (exact) mass is 441 g/mol. The highest BCUT2D eigenvalue weighted by atomic mass is 19.1. The summed E-state index contributed by atoms with van der Waals surface area (Å²) in [5, 5.41) is 4.00. The van der Waals surface area contributed by atoms with Gasteiger partial charge in [-0.2, -0.15) is 0 Å². The van der Waals surface area contributed by atoms with Crippen LogP contribution in [0.1, 0.15) is 57.1 Å². The zero-order valence-electron chi connectivity index (χ0n) is 19.1. The molecule has 2 aromatic carbocycles. The minimum Gasteiger partial charge on any atom is -0.361 e. The maximum atomic E-state index is 14.7. The Morgan fingerprint density at radius 3 is 2.56 bits per heavy atom. The van der Waals surface area contributed by atoms with Gasteiger partial charge in [-0.05, 0) is 62.7 Å². The number of aromatic amines is 1. The largest absolute Gasteiger partial charge is 0.361 e. The lowest BCUT2D eigenvalue weighted by Crippen LogP contribution is -2.34. The van der Waals surface area contributed by atoms with E-state index in [1.165, 1.54) is 12.1 Å². The third-order valence-electron chi connectivity index (χ3n) is 6.14. The van der Waals surface area contributed by atoms with Crippen LogP contribution in [0.2, 0.25) is 0 Å². The number of rotatable bonds is 11. The van der Waals surface area contributed by atoms with Gasteiger partial charge in [0, 0.05) is 41.5 Å². The standard InChI is InChI=1S/C26H33F2N3O/c1-4-31(5-2)14-8-9-18(3)30-26(32)16-22(20-13-12-19(27)15-24(20)28)23-17-29-25-11-7-6-10-21(23)25/h6-7,10-13,15,17-18,22,29H,4-5,8-9,14,16H2,1-3H3,(H,30,32). The van der Waals surface area contributed by atoms with E-state index in [4.69, 9.17) is 0 Å². The molecule has 3 rings (SSSR count). The normalized spacial score (nSPS) is 13.4. The van der Waals surface area contributed by atoms with E-state index in [9.17, 15) is 13.6 Å². The summed E-state index contributed by atoms with van der Waals surface area (Å²) in [6.45, 7) is 9.34. The van der Waals surface area contributed by atoms with Crippen molar-refractivity contribution in [3.05, 3.63) is 71.4 Å². The molecule has 172 valence electrons. The first kappa shape index (κ1) is 23.9. The molecule has 0 aliphatic carbocycles. The minimum absolute atomic E-state index is 0.0275. The summed E-state index contributed by atoms with van der Waals surface area (Å²) in [5.74, 6) is -1.93. The second-order valence-corrected chi connectivity index (χ2v) is 8.35. The number of para-hydroxylation sites is 1.